The van der Waals surface area contributed by atoms with E-state index in [0.29, 0.717) is 0 Å². The lowest BCUT2D eigenvalue weighted by Gasteiger charge is -2.12. The number of hydrogen-bond donors (Lipinski definition) is 1. The first-order chi connectivity index (χ1) is 12.7. The van der Waals surface area contributed by atoms with Gasteiger partial charge in [0.25, 0.3) is 0 Å². The van der Waals surface area contributed by atoms with Crippen LogP contribution in [0.2, 0.25) is 0 Å². The van der Waals surface area contributed by atoms with Gasteiger partial charge >= 0.3 is 0 Å². The topological polar surface area (TPSA) is 68.0 Å². The Morgan fingerprint density at radius 1 is 0.923 bits per heavy atom. The summed E-state index contributed by atoms with van der Waals surface area (Å²) in [5, 5.41) is 4.48. The van der Waals surface area contributed by atoms with Gasteiger partial charge in [-0.2, -0.15) is 0 Å². The van der Waals surface area contributed by atoms with Crippen LogP contribution < -0.4 is 5.32 Å². The molecule has 1 aromatic carbocycles. The maximum absolute atomic E-state index is 4.79. The lowest BCUT2D eigenvalue weighted by atomic mass is 10.1. The maximum Gasteiger partial charge on any atom is 0.167 e. The second-order valence-electron chi connectivity index (χ2n) is 6.39. The summed E-state index contributed by atoms with van der Waals surface area (Å²) in [7, 11) is 0. The van der Waals surface area contributed by atoms with Gasteiger partial charge in [0.05, 0.1) is 17.4 Å². The van der Waals surface area contributed by atoms with E-state index in [9.17, 15) is 0 Å². The van der Waals surface area contributed by atoms with E-state index in [-0.39, 0.29) is 0 Å². The third-order valence-corrected chi connectivity index (χ3v) is 4.71. The van der Waals surface area contributed by atoms with Crippen molar-refractivity contribution in [1.29, 1.82) is 0 Å². The van der Waals surface area contributed by atoms with Gasteiger partial charge < -0.3 is 5.32 Å². The quantitative estimate of drug-likeness (QED) is 0.522. The maximum atomic E-state index is 4.79. The molecule has 0 aliphatic carbocycles. The summed E-state index contributed by atoms with van der Waals surface area (Å²) in [4.78, 5) is 18.0. The molecule has 4 heterocycles. The summed E-state index contributed by atoms with van der Waals surface area (Å²) in [5.74, 6) is 0. The highest BCUT2D eigenvalue weighted by Crippen LogP contribution is 2.33. The minimum Gasteiger partial charge on any atom is -0.353 e. The van der Waals surface area contributed by atoms with E-state index in [4.69, 9.17) is 9.97 Å². The van der Waals surface area contributed by atoms with Crippen LogP contribution >= 0.6 is 0 Å². The van der Waals surface area contributed by atoms with Crippen LogP contribution in [-0.2, 0) is 0 Å². The number of aryl methyl sites for hydroxylation is 2. The third kappa shape index (κ3) is 2.19. The largest absolute Gasteiger partial charge is 0.353 e. The van der Waals surface area contributed by atoms with Crippen molar-refractivity contribution in [1.82, 2.24) is 24.3 Å². The summed E-state index contributed by atoms with van der Waals surface area (Å²) in [6, 6.07) is 8.25. The monoisotopic (exact) mass is 340 g/mol. The Morgan fingerprint density at radius 3 is 2.69 bits per heavy atom. The number of rotatable bonds is 2. The van der Waals surface area contributed by atoms with Crippen LogP contribution in [0.5, 0.6) is 0 Å². The molecule has 5 rings (SSSR count). The Morgan fingerprint density at radius 2 is 1.81 bits per heavy atom. The standard InChI is InChI=1S/C20H16N6/c1-12-3-4-14(9-13(12)2)23-18-15-10-21-6-5-16(15)24-20-19(18)25-17-11-22-7-8-26(17)20/h3-11H,1-2H3,(H,23,24). The highest BCUT2D eigenvalue weighted by Gasteiger charge is 2.15. The smallest absolute Gasteiger partial charge is 0.167 e. The summed E-state index contributed by atoms with van der Waals surface area (Å²) >= 11 is 0. The van der Waals surface area contributed by atoms with E-state index in [2.05, 4.69) is 47.3 Å². The third-order valence-electron chi connectivity index (χ3n) is 4.71. The van der Waals surface area contributed by atoms with E-state index < -0.39 is 0 Å². The van der Waals surface area contributed by atoms with Crippen LogP contribution in [0.25, 0.3) is 27.7 Å². The lowest BCUT2D eigenvalue weighted by molar-refractivity contribution is 1.14. The molecule has 0 saturated heterocycles. The van der Waals surface area contributed by atoms with Crippen molar-refractivity contribution in [3.05, 3.63) is 66.4 Å². The van der Waals surface area contributed by atoms with E-state index in [1.807, 2.05) is 22.9 Å². The molecule has 5 aromatic rings. The van der Waals surface area contributed by atoms with Gasteiger partial charge in [0, 0.05) is 35.9 Å². The average Bonchev–Trinajstić information content (AvgIpc) is 3.03. The molecule has 0 spiro atoms. The average molecular weight is 340 g/mol. The van der Waals surface area contributed by atoms with Crippen molar-refractivity contribution >= 4 is 39.1 Å². The van der Waals surface area contributed by atoms with Crippen LogP contribution in [0.15, 0.2) is 55.2 Å². The SMILES string of the molecule is Cc1ccc(Nc2c3cnccc3nc3c2nc2cnccn23)cc1C. The summed E-state index contributed by atoms with van der Waals surface area (Å²) < 4.78 is 1.95. The number of imidazole rings is 1. The van der Waals surface area contributed by atoms with Crippen LogP contribution in [0.1, 0.15) is 11.1 Å². The van der Waals surface area contributed by atoms with Gasteiger partial charge in [0.1, 0.15) is 5.52 Å². The fourth-order valence-electron chi connectivity index (χ4n) is 3.18. The first-order valence-corrected chi connectivity index (χ1v) is 8.40. The van der Waals surface area contributed by atoms with Crippen molar-refractivity contribution in [3.63, 3.8) is 0 Å². The molecule has 0 atom stereocenters. The van der Waals surface area contributed by atoms with Gasteiger partial charge in [-0.3, -0.25) is 14.4 Å². The van der Waals surface area contributed by atoms with E-state index in [1.54, 1.807) is 18.6 Å². The second kappa shape index (κ2) is 5.49. The lowest BCUT2D eigenvalue weighted by Crippen LogP contribution is -1.97. The first kappa shape index (κ1) is 14.8. The van der Waals surface area contributed by atoms with Crippen LogP contribution in [0, 0.1) is 13.8 Å². The summed E-state index contributed by atoms with van der Waals surface area (Å²) in [5.41, 5.74) is 7.66. The van der Waals surface area contributed by atoms with Crippen molar-refractivity contribution in [2.45, 2.75) is 13.8 Å². The Hall–Kier alpha value is -3.54. The minimum absolute atomic E-state index is 0.765. The first-order valence-electron chi connectivity index (χ1n) is 8.40. The van der Waals surface area contributed by atoms with E-state index in [1.165, 1.54) is 11.1 Å². The zero-order valence-electron chi connectivity index (χ0n) is 14.4. The zero-order chi connectivity index (χ0) is 17.7. The number of benzene rings is 1. The molecule has 126 valence electrons. The molecular formula is C20H16N6. The molecule has 0 saturated carbocycles. The normalized spacial score (nSPS) is 11.5. The number of aromatic nitrogens is 5. The molecule has 6 nitrogen and oxygen atoms in total. The number of anilines is 2. The van der Waals surface area contributed by atoms with Gasteiger partial charge in [0.15, 0.2) is 11.3 Å². The summed E-state index contributed by atoms with van der Waals surface area (Å²) in [6.07, 6.45) is 8.94. The van der Waals surface area contributed by atoms with E-state index >= 15 is 0 Å². The molecule has 1 N–H and O–H groups in total. The van der Waals surface area contributed by atoms with Gasteiger partial charge in [0.2, 0.25) is 0 Å². The molecule has 4 aromatic heterocycles. The van der Waals surface area contributed by atoms with E-state index in [0.717, 1.165) is 39.1 Å². The molecule has 0 bridgehead atoms. The fourth-order valence-corrected chi connectivity index (χ4v) is 3.18. The number of nitrogens with zero attached hydrogens (tertiary/aromatic N) is 5. The molecule has 0 amide bonds. The number of fused-ring (bicyclic) bond motifs is 4. The molecule has 0 aliphatic rings. The molecule has 26 heavy (non-hydrogen) atoms. The van der Waals surface area contributed by atoms with Crippen LogP contribution in [0.4, 0.5) is 11.4 Å². The Labute approximate surface area is 149 Å². The van der Waals surface area contributed by atoms with Crippen molar-refractivity contribution < 1.29 is 0 Å². The van der Waals surface area contributed by atoms with Crippen LogP contribution in [-0.4, -0.2) is 24.3 Å². The molecule has 0 fully saturated rings. The number of nitrogens with one attached hydrogen (secondary N) is 1. The Bertz CT molecular complexity index is 1290. The Kier molecular flexibility index (Phi) is 3.12. The number of pyridine rings is 2. The highest BCUT2D eigenvalue weighted by molar-refractivity contribution is 6.06. The molecule has 0 unspecified atom stereocenters. The second-order valence-corrected chi connectivity index (χ2v) is 6.39. The van der Waals surface area contributed by atoms with Gasteiger partial charge in [-0.25, -0.2) is 9.97 Å². The molecule has 6 heteroatoms. The predicted molar refractivity (Wildman–Crippen MR) is 103 cm³/mol. The van der Waals surface area contributed by atoms with Crippen molar-refractivity contribution in [2.75, 3.05) is 5.32 Å². The highest BCUT2D eigenvalue weighted by atomic mass is 15.1. The van der Waals surface area contributed by atoms with Gasteiger partial charge in [-0.15, -0.1) is 0 Å². The summed E-state index contributed by atoms with van der Waals surface area (Å²) in [6.45, 7) is 4.22. The van der Waals surface area contributed by atoms with Crippen LogP contribution in [0.3, 0.4) is 0 Å². The zero-order valence-corrected chi connectivity index (χ0v) is 14.4. The predicted octanol–water partition coefficient (Wildman–Crippen LogP) is 4.19. The van der Waals surface area contributed by atoms with Crippen molar-refractivity contribution in [3.8, 4) is 0 Å². The van der Waals surface area contributed by atoms with Crippen molar-refractivity contribution in [2.24, 2.45) is 0 Å². The molecular weight excluding hydrogens is 324 g/mol. The van der Waals surface area contributed by atoms with Gasteiger partial charge in [-0.05, 0) is 43.2 Å². The van der Waals surface area contributed by atoms with Gasteiger partial charge in [-0.1, -0.05) is 6.07 Å². The minimum atomic E-state index is 0.765. The fraction of sp³-hybridized carbons (Fsp3) is 0.100. The Balaban J connectivity index is 1.83. The molecule has 0 radical (unpaired) electrons. The number of hydrogen-bond acceptors (Lipinski definition) is 5. The molecule has 0 aliphatic heterocycles.